The molecule has 0 unspecified atom stereocenters. The summed E-state index contributed by atoms with van der Waals surface area (Å²) in [4.78, 5) is 20.3. The van der Waals surface area contributed by atoms with Gasteiger partial charge in [-0.05, 0) is 65.5 Å². The number of rotatable bonds is 6. The fourth-order valence-electron chi connectivity index (χ4n) is 4.36. The third kappa shape index (κ3) is 5.61. The maximum absolute atomic E-state index is 11.2. The highest BCUT2D eigenvalue weighted by Gasteiger charge is 2.37. The number of anilines is 1. The molecular formula is C23H32N4O. The number of nitrogens with one attached hydrogen (secondary N) is 2. The second kappa shape index (κ2) is 8.00. The van der Waals surface area contributed by atoms with Crippen LogP contribution >= 0.6 is 0 Å². The highest BCUT2D eigenvalue weighted by Crippen LogP contribution is 2.30. The average molecular weight is 381 g/mol. The number of hydrogen-bond donors (Lipinski definition) is 2. The van der Waals surface area contributed by atoms with Crippen LogP contribution in [0.2, 0.25) is 0 Å². The number of nitrogens with zero attached hydrogens (tertiary/aromatic N) is 2. The Morgan fingerprint density at radius 2 is 1.75 bits per heavy atom. The quantitative estimate of drug-likeness (QED) is 0.778. The molecular weight excluding hydrogens is 348 g/mol. The molecule has 2 heterocycles. The van der Waals surface area contributed by atoms with Gasteiger partial charge in [0.15, 0.2) is 0 Å². The number of benzene rings is 1. The number of carbonyl (C=O) groups excluding carboxylic acids is 1. The van der Waals surface area contributed by atoms with Crippen LogP contribution in [0.5, 0.6) is 0 Å². The van der Waals surface area contributed by atoms with E-state index in [2.05, 4.69) is 67.6 Å². The van der Waals surface area contributed by atoms with Crippen molar-refractivity contribution in [2.75, 3.05) is 5.32 Å². The van der Waals surface area contributed by atoms with Crippen molar-refractivity contribution in [3.63, 3.8) is 0 Å². The van der Waals surface area contributed by atoms with E-state index >= 15 is 0 Å². The van der Waals surface area contributed by atoms with Gasteiger partial charge >= 0.3 is 0 Å². The zero-order valence-electron chi connectivity index (χ0n) is 17.7. The van der Waals surface area contributed by atoms with Crippen molar-refractivity contribution in [1.82, 2.24) is 15.3 Å². The van der Waals surface area contributed by atoms with Gasteiger partial charge in [0, 0.05) is 35.3 Å². The topological polar surface area (TPSA) is 66.9 Å². The standard InChI is InChI=1S/C23H32N4O/c1-16(28)6-7-17-8-10-18(11-9-17)20-12-13-24-21(26-20)25-19-14-22(2,3)27-23(4,5)15-19/h8-13,19,27H,6-7,14-15H2,1-5H3,(H,24,25,26). The van der Waals surface area contributed by atoms with Crippen LogP contribution in [0, 0.1) is 0 Å². The number of carbonyl (C=O) groups is 1. The normalized spacial score (nSPS) is 18.6. The van der Waals surface area contributed by atoms with Crippen LogP contribution in [0.1, 0.15) is 59.4 Å². The molecule has 28 heavy (non-hydrogen) atoms. The van der Waals surface area contributed by atoms with Crippen LogP contribution < -0.4 is 10.6 Å². The van der Waals surface area contributed by atoms with Gasteiger partial charge < -0.3 is 15.4 Å². The SMILES string of the molecule is CC(=O)CCc1ccc(-c2ccnc(NC3CC(C)(C)NC(C)(C)C3)n2)cc1. The molecule has 1 aliphatic heterocycles. The Balaban J connectivity index is 1.71. The van der Waals surface area contributed by atoms with E-state index in [1.54, 1.807) is 6.92 Å². The van der Waals surface area contributed by atoms with E-state index in [-0.39, 0.29) is 16.9 Å². The maximum atomic E-state index is 11.2. The first-order valence-electron chi connectivity index (χ1n) is 10.1. The molecule has 0 spiro atoms. The summed E-state index contributed by atoms with van der Waals surface area (Å²) >= 11 is 0. The lowest BCUT2D eigenvalue weighted by Gasteiger charge is -2.46. The second-order valence-corrected chi connectivity index (χ2v) is 9.31. The molecule has 5 nitrogen and oxygen atoms in total. The molecule has 150 valence electrons. The molecule has 1 saturated heterocycles. The Kier molecular flexibility index (Phi) is 5.84. The van der Waals surface area contributed by atoms with E-state index in [4.69, 9.17) is 4.98 Å². The number of ketones is 1. The Morgan fingerprint density at radius 3 is 2.36 bits per heavy atom. The van der Waals surface area contributed by atoms with Gasteiger partial charge in [0.2, 0.25) is 5.95 Å². The van der Waals surface area contributed by atoms with E-state index in [9.17, 15) is 4.79 Å². The molecule has 3 rings (SSSR count). The first-order valence-corrected chi connectivity index (χ1v) is 10.1. The monoisotopic (exact) mass is 380 g/mol. The lowest BCUT2D eigenvalue weighted by molar-refractivity contribution is -0.116. The number of aryl methyl sites for hydroxylation is 1. The molecule has 1 fully saturated rings. The number of aromatic nitrogens is 2. The van der Waals surface area contributed by atoms with Gasteiger partial charge in [0.05, 0.1) is 5.69 Å². The summed E-state index contributed by atoms with van der Waals surface area (Å²) in [6.07, 6.45) is 5.23. The van der Waals surface area contributed by atoms with Gasteiger partial charge in [-0.3, -0.25) is 0 Å². The minimum Gasteiger partial charge on any atom is -0.351 e. The van der Waals surface area contributed by atoms with Crippen molar-refractivity contribution in [2.24, 2.45) is 0 Å². The first kappa shape index (κ1) is 20.5. The highest BCUT2D eigenvalue weighted by atomic mass is 16.1. The predicted octanol–water partition coefficient (Wildman–Crippen LogP) is 4.39. The lowest BCUT2D eigenvalue weighted by Crippen LogP contribution is -2.60. The van der Waals surface area contributed by atoms with Crippen molar-refractivity contribution in [1.29, 1.82) is 0 Å². The van der Waals surface area contributed by atoms with Gasteiger partial charge in [-0.15, -0.1) is 0 Å². The third-order valence-corrected chi connectivity index (χ3v) is 5.19. The molecule has 2 aromatic rings. The van der Waals surface area contributed by atoms with Crippen LogP contribution in [0.3, 0.4) is 0 Å². The van der Waals surface area contributed by atoms with Gasteiger partial charge in [-0.2, -0.15) is 0 Å². The average Bonchev–Trinajstić information content (AvgIpc) is 2.58. The molecule has 0 radical (unpaired) electrons. The fourth-order valence-corrected chi connectivity index (χ4v) is 4.36. The van der Waals surface area contributed by atoms with Gasteiger partial charge in [0.1, 0.15) is 5.78 Å². The van der Waals surface area contributed by atoms with E-state index in [1.165, 1.54) is 5.56 Å². The summed E-state index contributed by atoms with van der Waals surface area (Å²) in [5.41, 5.74) is 3.29. The summed E-state index contributed by atoms with van der Waals surface area (Å²) in [7, 11) is 0. The van der Waals surface area contributed by atoms with Gasteiger partial charge in [-0.1, -0.05) is 24.3 Å². The lowest BCUT2D eigenvalue weighted by atomic mass is 9.80. The summed E-state index contributed by atoms with van der Waals surface area (Å²) < 4.78 is 0. The van der Waals surface area contributed by atoms with Gasteiger partial charge in [-0.25, -0.2) is 9.97 Å². The largest absolute Gasteiger partial charge is 0.351 e. The minimum absolute atomic E-state index is 0.0761. The van der Waals surface area contributed by atoms with Crippen molar-refractivity contribution in [3.05, 3.63) is 42.1 Å². The summed E-state index contributed by atoms with van der Waals surface area (Å²) in [5, 5.41) is 7.25. The van der Waals surface area contributed by atoms with Crippen LogP contribution in [-0.2, 0) is 11.2 Å². The zero-order valence-corrected chi connectivity index (χ0v) is 17.7. The van der Waals surface area contributed by atoms with Crippen LogP contribution in [-0.4, -0.2) is 32.9 Å². The molecule has 1 aliphatic rings. The van der Waals surface area contributed by atoms with Crippen LogP contribution in [0.15, 0.2) is 36.5 Å². The van der Waals surface area contributed by atoms with Crippen LogP contribution in [0.25, 0.3) is 11.3 Å². The zero-order chi connectivity index (χ0) is 20.4. The summed E-state index contributed by atoms with van der Waals surface area (Å²) in [6.45, 7) is 10.6. The number of Topliss-reactive ketones (excluding diaryl/α,β-unsaturated/α-hetero) is 1. The summed E-state index contributed by atoms with van der Waals surface area (Å²) in [5.74, 6) is 0.900. The molecule has 0 aliphatic carbocycles. The van der Waals surface area contributed by atoms with Gasteiger partial charge in [0.25, 0.3) is 0 Å². The number of piperidine rings is 1. The van der Waals surface area contributed by atoms with E-state index < -0.39 is 0 Å². The van der Waals surface area contributed by atoms with E-state index in [1.807, 2.05) is 12.3 Å². The molecule has 0 saturated carbocycles. The highest BCUT2D eigenvalue weighted by molar-refractivity contribution is 5.75. The first-order chi connectivity index (χ1) is 13.1. The smallest absolute Gasteiger partial charge is 0.223 e. The van der Waals surface area contributed by atoms with Crippen molar-refractivity contribution in [2.45, 2.75) is 77.4 Å². The van der Waals surface area contributed by atoms with Crippen molar-refractivity contribution < 1.29 is 4.79 Å². The molecule has 1 aromatic carbocycles. The molecule has 2 N–H and O–H groups in total. The minimum atomic E-state index is 0.0761. The van der Waals surface area contributed by atoms with Crippen molar-refractivity contribution in [3.8, 4) is 11.3 Å². The van der Waals surface area contributed by atoms with E-state index in [0.29, 0.717) is 18.4 Å². The molecule has 0 bridgehead atoms. The maximum Gasteiger partial charge on any atom is 0.223 e. The Labute approximate surface area is 168 Å². The van der Waals surface area contributed by atoms with E-state index in [0.717, 1.165) is 30.5 Å². The molecule has 1 aromatic heterocycles. The summed E-state index contributed by atoms with van der Waals surface area (Å²) in [6, 6.07) is 10.6. The molecule has 0 amide bonds. The third-order valence-electron chi connectivity index (χ3n) is 5.19. The molecule has 5 heteroatoms. The Bertz CT molecular complexity index is 811. The predicted molar refractivity (Wildman–Crippen MR) is 114 cm³/mol. The van der Waals surface area contributed by atoms with Crippen LogP contribution in [0.4, 0.5) is 5.95 Å². The Morgan fingerprint density at radius 1 is 1.11 bits per heavy atom. The fraction of sp³-hybridized carbons (Fsp3) is 0.522. The number of hydrogen-bond acceptors (Lipinski definition) is 5. The Hall–Kier alpha value is -2.27. The second-order valence-electron chi connectivity index (χ2n) is 9.31. The van der Waals surface area contributed by atoms with Crippen molar-refractivity contribution >= 4 is 11.7 Å². The molecule has 0 atom stereocenters.